The summed E-state index contributed by atoms with van der Waals surface area (Å²) < 4.78 is 26.2. The van der Waals surface area contributed by atoms with Gasteiger partial charge in [-0.2, -0.15) is 0 Å². The minimum Gasteiger partial charge on any atom is -0.496 e. The summed E-state index contributed by atoms with van der Waals surface area (Å²) in [5, 5.41) is 17.9. The van der Waals surface area contributed by atoms with Crippen molar-refractivity contribution >= 4 is 29.0 Å². The van der Waals surface area contributed by atoms with Crippen LogP contribution in [0, 0.1) is 0 Å². The van der Waals surface area contributed by atoms with Crippen LogP contribution in [0.4, 0.5) is 0 Å². The first-order chi connectivity index (χ1) is 15.0. The van der Waals surface area contributed by atoms with Crippen molar-refractivity contribution in [3.63, 3.8) is 0 Å². The highest BCUT2D eigenvalue weighted by Gasteiger charge is 2.29. The number of carbonyl (C=O) groups is 1. The van der Waals surface area contributed by atoms with Crippen LogP contribution >= 0.6 is 23.0 Å². The molecule has 2 unspecified atom stereocenters. The predicted molar refractivity (Wildman–Crippen MR) is 122 cm³/mol. The van der Waals surface area contributed by atoms with Crippen LogP contribution in [0.3, 0.4) is 0 Å². The Morgan fingerprint density at radius 1 is 1.16 bits per heavy atom. The van der Waals surface area contributed by atoms with Crippen LogP contribution in [0.1, 0.15) is 28.8 Å². The molecule has 0 saturated carbocycles. The molecule has 31 heavy (non-hydrogen) atoms. The molecule has 8 nitrogen and oxygen atoms in total. The molecular weight excluding hydrogens is 519 g/mol. The van der Waals surface area contributed by atoms with Gasteiger partial charge in [0.1, 0.15) is 46.7 Å². The van der Waals surface area contributed by atoms with E-state index in [1.54, 1.807) is 19.2 Å². The zero-order chi connectivity index (χ0) is 22.6. The zero-order valence-electron chi connectivity index (χ0n) is 17.4. The second kappa shape index (κ2) is 13.5. The number of aliphatic hydroxyl groups is 1. The SMILES string of the molecule is CO[C@@H]1CC(OI)CC(CO)O1.COc1cc(OCc2ccccc2)ccc1C(=O)O. The van der Waals surface area contributed by atoms with E-state index in [-0.39, 0.29) is 36.4 Å². The Morgan fingerprint density at radius 3 is 2.48 bits per heavy atom. The summed E-state index contributed by atoms with van der Waals surface area (Å²) in [7, 11) is 3.03. The maximum atomic E-state index is 11.0. The molecule has 0 aromatic heterocycles. The highest BCUT2D eigenvalue weighted by atomic mass is 127. The summed E-state index contributed by atoms with van der Waals surface area (Å²) in [6, 6.07) is 14.4. The highest BCUT2D eigenvalue weighted by Crippen LogP contribution is 2.25. The fraction of sp³-hybridized carbons (Fsp3) is 0.409. The molecule has 1 fully saturated rings. The van der Waals surface area contributed by atoms with E-state index in [1.165, 1.54) is 13.2 Å². The first-order valence-corrected chi connectivity index (χ1v) is 10.5. The van der Waals surface area contributed by atoms with Crippen LogP contribution in [-0.2, 0) is 19.1 Å². The maximum Gasteiger partial charge on any atom is 0.339 e. The van der Waals surface area contributed by atoms with E-state index in [9.17, 15) is 4.79 Å². The Kier molecular flexibility index (Phi) is 11.0. The molecule has 1 aliphatic rings. The Balaban J connectivity index is 0.000000245. The number of aliphatic hydroxyl groups excluding tert-OH is 1. The van der Waals surface area contributed by atoms with Gasteiger partial charge in [-0.15, -0.1) is 0 Å². The van der Waals surface area contributed by atoms with E-state index in [4.69, 9.17) is 32.2 Å². The molecule has 0 aliphatic carbocycles. The largest absolute Gasteiger partial charge is 0.496 e. The number of carboxylic acid groups (broad SMARTS) is 1. The molecule has 0 amide bonds. The lowest BCUT2D eigenvalue weighted by molar-refractivity contribution is -0.204. The summed E-state index contributed by atoms with van der Waals surface area (Å²) in [4.78, 5) is 11.0. The number of rotatable bonds is 8. The van der Waals surface area contributed by atoms with Crippen molar-refractivity contribution in [1.82, 2.24) is 0 Å². The topological polar surface area (TPSA) is 104 Å². The van der Waals surface area contributed by atoms with Crippen molar-refractivity contribution in [3.05, 3.63) is 59.7 Å². The maximum absolute atomic E-state index is 11.0. The first kappa shape index (κ1) is 25.3. The predicted octanol–water partition coefficient (Wildman–Crippen LogP) is 3.84. The quantitative estimate of drug-likeness (QED) is 0.482. The third-order valence-corrected chi connectivity index (χ3v) is 5.29. The Hall–Kier alpha value is -1.92. The zero-order valence-corrected chi connectivity index (χ0v) is 19.6. The number of carboxylic acids is 1. The molecule has 1 aliphatic heterocycles. The number of hydrogen-bond donors (Lipinski definition) is 2. The van der Waals surface area contributed by atoms with Gasteiger partial charge in [0.25, 0.3) is 0 Å². The number of halogens is 1. The molecule has 0 bridgehead atoms. The van der Waals surface area contributed by atoms with Gasteiger partial charge in [-0.05, 0) is 17.7 Å². The minimum atomic E-state index is -1.02. The van der Waals surface area contributed by atoms with Crippen LogP contribution in [0.5, 0.6) is 11.5 Å². The van der Waals surface area contributed by atoms with E-state index < -0.39 is 5.97 Å². The average Bonchev–Trinajstić information content (AvgIpc) is 2.82. The smallest absolute Gasteiger partial charge is 0.339 e. The van der Waals surface area contributed by atoms with Gasteiger partial charge in [0.05, 0.1) is 25.9 Å². The molecule has 0 spiro atoms. The lowest BCUT2D eigenvalue weighted by Gasteiger charge is -2.32. The molecular formula is C22H27IO8. The molecule has 9 heteroatoms. The molecule has 2 aromatic rings. The van der Waals surface area contributed by atoms with Gasteiger partial charge in [0, 0.05) is 26.0 Å². The Bertz CT molecular complexity index is 772. The summed E-state index contributed by atoms with van der Waals surface area (Å²) >= 11 is 1.87. The summed E-state index contributed by atoms with van der Waals surface area (Å²) in [6.45, 7) is 0.451. The van der Waals surface area contributed by atoms with E-state index in [0.29, 0.717) is 12.4 Å². The summed E-state index contributed by atoms with van der Waals surface area (Å²) in [5.74, 6) is -0.157. The molecule has 3 rings (SSSR count). The molecule has 3 atom stereocenters. The van der Waals surface area contributed by atoms with E-state index in [0.717, 1.165) is 18.4 Å². The van der Waals surface area contributed by atoms with Crippen molar-refractivity contribution in [1.29, 1.82) is 0 Å². The standard InChI is InChI=1S/C15H14O4.C7H13IO4/c1-18-14-9-12(7-8-13(14)15(16)17)19-10-11-5-3-2-4-6-11;1-10-7-3-5(12-8)2-6(4-9)11-7/h2-9H,10H2,1H3,(H,16,17);5-7,9H,2-4H2,1H3/t;5?,6?,7-/m.0/s1. The number of methoxy groups -OCH3 is 2. The Morgan fingerprint density at radius 2 is 1.90 bits per heavy atom. The summed E-state index contributed by atoms with van der Waals surface area (Å²) in [5.41, 5.74) is 1.17. The van der Waals surface area contributed by atoms with Gasteiger partial charge < -0.3 is 32.2 Å². The molecule has 1 heterocycles. The van der Waals surface area contributed by atoms with Gasteiger partial charge in [-0.3, -0.25) is 0 Å². The normalized spacial score (nSPS) is 20.3. The van der Waals surface area contributed by atoms with Crippen molar-refractivity contribution < 1.29 is 37.0 Å². The van der Waals surface area contributed by atoms with Crippen molar-refractivity contribution in [2.75, 3.05) is 20.8 Å². The van der Waals surface area contributed by atoms with Crippen LogP contribution in [-0.4, -0.2) is 55.5 Å². The minimum absolute atomic E-state index is 0.0242. The lowest BCUT2D eigenvalue weighted by Crippen LogP contribution is -2.38. The van der Waals surface area contributed by atoms with Gasteiger partial charge in [0.15, 0.2) is 6.29 Å². The number of hydrogen-bond acceptors (Lipinski definition) is 7. The van der Waals surface area contributed by atoms with Gasteiger partial charge in [0.2, 0.25) is 0 Å². The van der Waals surface area contributed by atoms with Gasteiger partial charge in [-0.25, -0.2) is 4.79 Å². The van der Waals surface area contributed by atoms with Crippen LogP contribution in [0.2, 0.25) is 0 Å². The second-order valence-electron chi connectivity index (χ2n) is 6.73. The highest BCUT2D eigenvalue weighted by molar-refractivity contribution is 14.1. The number of benzene rings is 2. The van der Waals surface area contributed by atoms with E-state index in [1.807, 2.05) is 53.3 Å². The van der Waals surface area contributed by atoms with Crippen molar-refractivity contribution in [3.8, 4) is 11.5 Å². The molecule has 170 valence electrons. The number of ether oxygens (including phenoxy) is 4. The fourth-order valence-corrected chi connectivity index (χ4v) is 3.37. The third-order valence-electron chi connectivity index (χ3n) is 4.57. The van der Waals surface area contributed by atoms with E-state index in [2.05, 4.69) is 0 Å². The number of aromatic carboxylic acids is 1. The molecule has 2 N–H and O–H groups in total. The van der Waals surface area contributed by atoms with E-state index >= 15 is 0 Å². The van der Waals surface area contributed by atoms with Crippen LogP contribution < -0.4 is 9.47 Å². The third kappa shape index (κ3) is 8.26. The molecule has 1 saturated heterocycles. The Labute approximate surface area is 195 Å². The van der Waals surface area contributed by atoms with Crippen molar-refractivity contribution in [2.24, 2.45) is 0 Å². The van der Waals surface area contributed by atoms with Crippen molar-refractivity contribution in [2.45, 2.75) is 37.9 Å². The van der Waals surface area contributed by atoms with Crippen LogP contribution in [0.15, 0.2) is 48.5 Å². The van der Waals surface area contributed by atoms with Crippen LogP contribution in [0.25, 0.3) is 0 Å². The molecule has 2 aromatic carbocycles. The second-order valence-corrected chi connectivity index (χ2v) is 7.24. The first-order valence-electron chi connectivity index (χ1n) is 9.65. The average molecular weight is 546 g/mol. The summed E-state index contributed by atoms with van der Waals surface area (Å²) in [6.07, 6.45) is 1.20. The van der Waals surface area contributed by atoms with Gasteiger partial charge in [-0.1, -0.05) is 30.3 Å². The lowest BCUT2D eigenvalue weighted by atomic mass is 10.1. The molecule has 0 radical (unpaired) electrons. The monoisotopic (exact) mass is 546 g/mol. The van der Waals surface area contributed by atoms with Gasteiger partial charge >= 0.3 is 5.97 Å². The fourth-order valence-electron chi connectivity index (χ4n) is 2.95.